The van der Waals surface area contributed by atoms with Gasteiger partial charge in [-0.2, -0.15) is 9.59 Å². The first-order valence-corrected chi connectivity index (χ1v) is 11.3. The first kappa shape index (κ1) is 25.1. The van der Waals surface area contributed by atoms with Gasteiger partial charge in [-0.3, -0.25) is 19.2 Å². The number of carbonyl (C=O) groups excluding carboxylic acids is 6. The van der Waals surface area contributed by atoms with E-state index < -0.39 is 10.8 Å². The quantitative estimate of drug-likeness (QED) is 0.713. The van der Waals surface area contributed by atoms with Crippen LogP contribution in [0.15, 0.2) is 0 Å². The average Bonchev–Trinajstić information content (AvgIpc) is 2.98. The third-order valence-electron chi connectivity index (χ3n) is 8.26. The van der Waals surface area contributed by atoms with Gasteiger partial charge >= 0.3 is 6.15 Å². The number of hydrogen-bond acceptors (Lipinski definition) is 6. The zero-order valence-corrected chi connectivity index (χ0v) is 19.3. The molecular formula is C24H35NO6. The lowest BCUT2D eigenvalue weighted by Crippen LogP contribution is -2.56. The van der Waals surface area contributed by atoms with E-state index in [-0.39, 0.29) is 66.0 Å². The molecule has 0 aromatic rings. The molecule has 3 fully saturated rings. The van der Waals surface area contributed by atoms with Gasteiger partial charge in [-0.05, 0) is 43.9 Å². The van der Waals surface area contributed by atoms with Crippen molar-refractivity contribution in [2.24, 2.45) is 34.5 Å². The molecule has 172 valence electrons. The van der Waals surface area contributed by atoms with Crippen LogP contribution in [-0.2, 0) is 28.8 Å². The number of fused-ring (bicyclic) bond motifs is 3. The van der Waals surface area contributed by atoms with Crippen LogP contribution in [0.5, 0.6) is 0 Å². The van der Waals surface area contributed by atoms with Gasteiger partial charge in [-0.25, -0.2) is 0 Å². The number of carbonyl (C=O) groups is 4. The number of amides is 1. The Hall–Kier alpha value is -2.14. The maximum atomic E-state index is 13.2. The summed E-state index contributed by atoms with van der Waals surface area (Å²) in [5.41, 5.74) is -1.32. The van der Waals surface area contributed by atoms with Crippen molar-refractivity contribution in [3.05, 3.63) is 0 Å². The molecule has 7 heteroatoms. The molecule has 0 heterocycles. The van der Waals surface area contributed by atoms with E-state index in [9.17, 15) is 19.2 Å². The first-order chi connectivity index (χ1) is 14.4. The largest absolute Gasteiger partial charge is 0.373 e. The summed E-state index contributed by atoms with van der Waals surface area (Å²) >= 11 is 0. The lowest BCUT2D eigenvalue weighted by molar-refractivity contribution is -0.191. The number of hydrogen-bond donors (Lipinski definition) is 1. The Morgan fingerprint density at radius 3 is 2.23 bits per heavy atom. The maximum Gasteiger partial charge on any atom is 0.373 e. The average molecular weight is 434 g/mol. The molecule has 0 radical (unpaired) electrons. The summed E-state index contributed by atoms with van der Waals surface area (Å²) in [6.07, 6.45) is 3.73. The number of Topliss-reactive ketones (excluding diaryl/α,β-unsaturated/α-hetero) is 3. The van der Waals surface area contributed by atoms with Crippen LogP contribution >= 0.6 is 0 Å². The molecular weight excluding hydrogens is 398 g/mol. The minimum Gasteiger partial charge on any atom is -0.353 e. The Labute approximate surface area is 184 Å². The molecule has 0 aromatic heterocycles. The van der Waals surface area contributed by atoms with Gasteiger partial charge in [-0.15, -0.1) is 0 Å². The van der Waals surface area contributed by atoms with E-state index in [2.05, 4.69) is 19.2 Å². The molecule has 0 bridgehead atoms. The number of nitrogens with one attached hydrogen (secondary N) is 1. The smallest absolute Gasteiger partial charge is 0.353 e. The SMILES string of the molecule is CC(C)[C@@H](C)NC(=O)CC[C@@]1(C)C(=O)CC[C@@H]2[C@@H]1C(=O)C[C@]1(C)C(=O)CC[C@@H]21.O=C=O. The maximum absolute atomic E-state index is 13.2. The van der Waals surface area contributed by atoms with Gasteiger partial charge < -0.3 is 5.32 Å². The zero-order valence-electron chi connectivity index (χ0n) is 19.3. The second-order valence-corrected chi connectivity index (χ2v) is 10.3. The highest BCUT2D eigenvalue weighted by Gasteiger charge is 2.62. The summed E-state index contributed by atoms with van der Waals surface area (Å²) in [4.78, 5) is 67.3. The summed E-state index contributed by atoms with van der Waals surface area (Å²) in [6.45, 7) is 9.94. The van der Waals surface area contributed by atoms with E-state index in [1.807, 2.05) is 20.8 Å². The van der Waals surface area contributed by atoms with Crippen LogP contribution in [0.2, 0.25) is 0 Å². The summed E-state index contributed by atoms with van der Waals surface area (Å²) in [5.74, 6) is 0.630. The van der Waals surface area contributed by atoms with Crippen LogP contribution in [0, 0.1) is 34.5 Å². The Bertz CT molecular complexity index is 783. The van der Waals surface area contributed by atoms with Gasteiger partial charge in [0.2, 0.25) is 5.91 Å². The standard InChI is InChI=1S/C23H35NO4.CO2/c1-13(2)14(3)24-20(28)10-11-22(4)18(26)8-6-15-16-7-9-19(27)23(16,5)12-17(25)21(15)22;2-1-3/h13-16,21H,6-12H2,1-5H3,(H,24,28);/t14-,15+,16+,21-,22+,23+;/m1./s1. The highest BCUT2D eigenvalue weighted by molar-refractivity contribution is 5.99. The van der Waals surface area contributed by atoms with Crippen LogP contribution in [0.4, 0.5) is 0 Å². The molecule has 3 aliphatic rings. The molecule has 1 amide bonds. The summed E-state index contributed by atoms with van der Waals surface area (Å²) in [6, 6.07) is 0.0802. The van der Waals surface area contributed by atoms with Crippen LogP contribution in [0.1, 0.15) is 79.6 Å². The molecule has 0 spiro atoms. The predicted octanol–water partition coefficient (Wildman–Crippen LogP) is 2.90. The van der Waals surface area contributed by atoms with Crippen molar-refractivity contribution in [3.8, 4) is 0 Å². The second-order valence-electron chi connectivity index (χ2n) is 10.3. The lowest BCUT2D eigenvalue weighted by atomic mass is 9.48. The van der Waals surface area contributed by atoms with E-state index in [4.69, 9.17) is 9.59 Å². The van der Waals surface area contributed by atoms with Crippen LogP contribution < -0.4 is 5.32 Å². The van der Waals surface area contributed by atoms with Crippen molar-refractivity contribution in [3.63, 3.8) is 0 Å². The number of ketones is 3. The number of rotatable bonds is 5. The molecule has 6 atom stereocenters. The minimum absolute atomic E-state index is 0.0542. The summed E-state index contributed by atoms with van der Waals surface area (Å²) in [7, 11) is 0. The third-order valence-corrected chi connectivity index (χ3v) is 8.26. The van der Waals surface area contributed by atoms with Gasteiger partial charge in [0.1, 0.15) is 17.3 Å². The normalized spacial score (nSPS) is 35.4. The highest BCUT2D eigenvalue weighted by atomic mass is 16.2. The molecule has 7 nitrogen and oxygen atoms in total. The molecule has 1 N–H and O–H groups in total. The van der Waals surface area contributed by atoms with Gasteiger partial charge in [0.05, 0.1) is 0 Å². The van der Waals surface area contributed by atoms with Crippen molar-refractivity contribution in [2.45, 2.75) is 85.6 Å². The fourth-order valence-corrected chi connectivity index (χ4v) is 6.07. The predicted molar refractivity (Wildman–Crippen MR) is 111 cm³/mol. The van der Waals surface area contributed by atoms with Crippen molar-refractivity contribution < 1.29 is 28.8 Å². The summed E-state index contributed by atoms with van der Waals surface area (Å²) in [5, 5.41) is 3.00. The molecule has 3 saturated carbocycles. The van der Waals surface area contributed by atoms with Crippen molar-refractivity contribution in [1.29, 1.82) is 0 Å². The molecule has 0 aliphatic heterocycles. The van der Waals surface area contributed by atoms with E-state index in [1.54, 1.807) is 0 Å². The Kier molecular flexibility index (Phi) is 7.75. The van der Waals surface area contributed by atoms with E-state index in [1.165, 1.54) is 0 Å². The fourth-order valence-electron chi connectivity index (χ4n) is 6.07. The highest BCUT2D eigenvalue weighted by Crippen LogP contribution is 2.60. The van der Waals surface area contributed by atoms with E-state index in [0.717, 1.165) is 6.42 Å². The molecule has 31 heavy (non-hydrogen) atoms. The molecule has 3 aliphatic carbocycles. The fraction of sp³-hybridized carbons (Fsp3) is 0.792. The van der Waals surface area contributed by atoms with Crippen LogP contribution in [0.3, 0.4) is 0 Å². The van der Waals surface area contributed by atoms with Gasteiger partial charge in [0.15, 0.2) is 0 Å². The molecule has 0 unspecified atom stereocenters. The topological polar surface area (TPSA) is 114 Å². The molecule has 0 saturated heterocycles. The Morgan fingerprint density at radius 2 is 1.65 bits per heavy atom. The van der Waals surface area contributed by atoms with Gasteiger partial charge in [-0.1, -0.05) is 27.7 Å². The third kappa shape index (κ3) is 4.72. The second kappa shape index (κ2) is 9.56. The van der Waals surface area contributed by atoms with Crippen molar-refractivity contribution >= 4 is 29.4 Å². The zero-order chi connectivity index (χ0) is 23.6. The Balaban J connectivity index is 0.00000107. The van der Waals surface area contributed by atoms with Gasteiger partial charge in [0.25, 0.3) is 0 Å². The van der Waals surface area contributed by atoms with Crippen molar-refractivity contribution in [2.75, 3.05) is 0 Å². The molecule has 3 rings (SSSR count). The van der Waals surface area contributed by atoms with Gasteiger partial charge in [0, 0.05) is 48.5 Å². The summed E-state index contributed by atoms with van der Waals surface area (Å²) < 4.78 is 0. The van der Waals surface area contributed by atoms with E-state index >= 15 is 0 Å². The monoisotopic (exact) mass is 433 g/mol. The minimum atomic E-state index is -0.786. The Morgan fingerprint density at radius 1 is 1.06 bits per heavy atom. The van der Waals surface area contributed by atoms with E-state index in [0.29, 0.717) is 31.6 Å². The molecule has 0 aromatic carbocycles. The lowest BCUT2D eigenvalue weighted by Gasteiger charge is -2.53. The van der Waals surface area contributed by atoms with Crippen LogP contribution in [0.25, 0.3) is 0 Å². The van der Waals surface area contributed by atoms with Crippen LogP contribution in [-0.4, -0.2) is 35.5 Å². The first-order valence-electron chi connectivity index (χ1n) is 11.3. The van der Waals surface area contributed by atoms with Crippen molar-refractivity contribution in [1.82, 2.24) is 5.32 Å².